The smallest absolute Gasteiger partial charge is 0.267 e. The van der Waals surface area contributed by atoms with Gasteiger partial charge < -0.3 is 10.6 Å². The Bertz CT molecular complexity index is 702. The number of rotatable bonds is 6. The molecule has 0 spiro atoms. The van der Waals surface area contributed by atoms with E-state index in [0.29, 0.717) is 11.3 Å². The Morgan fingerprint density at radius 1 is 1.12 bits per heavy atom. The molecule has 0 atom stereocenters. The van der Waals surface area contributed by atoms with E-state index in [-0.39, 0.29) is 22.3 Å². The van der Waals surface area contributed by atoms with Gasteiger partial charge in [-0.2, -0.15) is 5.26 Å². The van der Waals surface area contributed by atoms with E-state index in [1.165, 1.54) is 13.1 Å². The molecule has 5 heteroatoms. The highest BCUT2D eigenvalue weighted by atomic mass is 16.1. The molecular weight excluding hydrogens is 314 g/mol. The van der Waals surface area contributed by atoms with Crippen LogP contribution in [-0.2, 0) is 4.79 Å². The van der Waals surface area contributed by atoms with Crippen LogP contribution in [0.4, 0.5) is 5.69 Å². The fourth-order valence-corrected chi connectivity index (χ4v) is 2.78. The Morgan fingerprint density at radius 2 is 1.68 bits per heavy atom. The molecule has 134 valence electrons. The molecule has 5 nitrogen and oxygen atoms in total. The van der Waals surface area contributed by atoms with E-state index in [2.05, 4.69) is 31.4 Å². The van der Waals surface area contributed by atoms with Crippen molar-refractivity contribution in [3.63, 3.8) is 0 Å². The summed E-state index contributed by atoms with van der Waals surface area (Å²) in [5.74, 6) is -0.530. The van der Waals surface area contributed by atoms with Crippen LogP contribution in [0.3, 0.4) is 0 Å². The Kier molecular flexibility index (Phi) is 6.52. The highest BCUT2D eigenvalue weighted by Gasteiger charge is 2.24. The quantitative estimate of drug-likeness (QED) is 0.465. The maximum absolute atomic E-state index is 12.3. The van der Waals surface area contributed by atoms with Crippen molar-refractivity contribution in [3.05, 3.63) is 41.6 Å². The van der Waals surface area contributed by atoms with Gasteiger partial charge in [0.25, 0.3) is 5.91 Å². The predicted octanol–water partition coefficient (Wildman–Crippen LogP) is 4.04. The molecule has 0 aliphatic carbocycles. The largest absolute Gasteiger partial charge is 0.385 e. The second-order valence-corrected chi connectivity index (χ2v) is 8.02. The van der Waals surface area contributed by atoms with E-state index >= 15 is 0 Å². The summed E-state index contributed by atoms with van der Waals surface area (Å²) < 4.78 is 0. The molecule has 0 saturated carbocycles. The normalized spacial score (nSPS) is 12.3. The molecule has 2 N–H and O–H groups in total. The van der Waals surface area contributed by atoms with Crippen molar-refractivity contribution in [2.24, 2.45) is 5.41 Å². The number of carbonyl (C=O) groups is 2. The van der Waals surface area contributed by atoms with Crippen LogP contribution >= 0.6 is 0 Å². The molecule has 1 aromatic rings. The second-order valence-electron chi connectivity index (χ2n) is 8.02. The third kappa shape index (κ3) is 7.21. The Morgan fingerprint density at radius 3 is 2.12 bits per heavy atom. The monoisotopic (exact) mass is 341 g/mol. The van der Waals surface area contributed by atoms with E-state index in [4.69, 9.17) is 0 Å². The molecule has 0 bridgehead atoms. The molecular formula is C20H27N3O2. The molecule has 0 unspecified atom stereocenters. The fourth-order valence-electron chi connectivity index (χ4n) is 2.78. The van der Waals surface area contributed by atoms with Gasteiger partial charge >= 0.3 is 0 Å². The van der Waals surface area contributed by atoms with E-state index in [1.807, 2.05) is 19.9 Å². The van der Waals surface area contributed by atoms with Crippen LogP contribution in [0, 0.1) is 16.7 Å². The average Bonchev–Trinajstić information content (AvgIpc) is 2.45. The Labute approximate surface area is 150 Å². The van der Waals surface area contributed by atoms with Gasteiger partial charge in [0.2, 0.25) is 0 Å². The number of ketones is 1. The number of hydrogen-bond acceptors (Lipinski definition) is 4. The summed E-state index contributed by atoms with van der Waals surface area (Å²) in [7, 11) is 0. The number of amides is 1. The van der Waals surface area contributed by atoms with Gasteiger partial charge in [-0.05, 0) is 56.9 Å². The summed E-state index contributed by atoms with van der Waals surface area (Å²) >= 11 is 0. The molecule has 0 fully saturated rings. The lowest BCUT2D eigenvalue weighted by molar-refractivity contribution is -0.112. The van der Waals surface area contributed by atoms with Gasteiger partial charge in [-0.1, -0.05) is 20.8 Å². The summed E-state index contributed by atoms with van der Waals surface area (Å²) in [6.07, 6.45) is 2.34. The molecule has 1 amide bonds. The molecule has 0 aliphatic rings. The first-order valence-corrected chi connectivity index (χ1v) is 8.24. The van der Waals surface area contributed by atoms with Crippen molar-refractivity contribution in [3.8, 4) is 6.07 Å². The number of nitrogens with zero attached hydrogens (tertiary/aromatic N) is 1. The highest BCUT2D eigenvalue weighted by Crippen LogP contribution is 2.26. The zero-order valence-corrected chi connectivity index (χ0v) is 15.9. The van der Waals surface area contributed by atoms with Gasteiger partial charge in [0.05, 0.1) is 0 Å². The van der Waals surface area contributed by atoms with Crippen molar-refractivity contribution in [1.82, 2.24) is 5.32 Å². The minimum atomic E-state index is -0.489. The summed E-state index contributed by atoms with van der Waals surface area (Å²) in [5.41, 5.74) is 0.976. The summed E-state index contributed by atoms with van der Waals surface area (Å²) in [6, 6.07) is 8.47. The molecule has 1 rings (SSSR count). The number of benzene rings is 1. The maximum atomic E-state index is 12.3. The first kappa shape index (κ1) is 20.4. The minimum Gasteiger partial charge on any atom is -0.385 e. The van der Waals surface area contributed by atoms with E-state index < -0.39 is 5.91 Å². The molecule has 0 saturated heterocycles. The summed E-state index contributed by atoms with van der Waals surface area (Å²) in [6.45, 7) is 12.0. The first-order valence-electron chi connectivity index (χ1n) is 8.24. The van der Waals surface area contributed by atoms with Crippen molar-refractivity contribution in [2.75, 3.05) is 5.32 Å². The molecule has 1 aromatic carbocycles. The zero-order chi connectivity index (χ0) is 19.3. The van der Waals surface area contributed by atoms with Crippen molar-refractivity contribution < 1.29 is 9.59 Å². The number of Topliss-reactive ketones (excluding diaryl/α,β-unsaturated/α-hetero) is 1. The van der Waals surface area contributed by atoms with Crippen LogP contribution in [0.1, 0.15) is 58.3 Å². The minimum absolute atomic E-state index is 0.00220. The average molecular weight is 341 g/mol. The van der Waals surface area contributed by atoms with Crippen LogP contribution in [0.25, 0.3) is 0 Å². The predicted molar refractivity (Wildman–Crippen MR) is 100 cm³/mol. The van der Waals surface area contributed by atoms with Gasteiger partial charge in [0.1, 0.15) is 11.6 Å². The lowest BCUT2D eigenvalue weighted by Gasteiger charge is -2.33. The Balaban J connectivity index is 2.80. The number of nitriles is 1. The van der Waals surface area contributed by atoms with Crippen LogP contribution in [0.15, 0.2) is 36.0 Å². The standard InChI is InChI=1S/C20H27N3O2/c1-14(24)15-7-9-17(10-8-15)23-18(25)16(11-21)12-22-20(5,6)13-19(2,3)4/h7-10,12,22H,13H2,1-6H3,(H,23,25)/b16-12-. The van der Waals surface area contributed by atoms with Crippen molar-refractivity contribution in [1.29, 1.82) is 5.26 Å². The zero-order valence-electron chi connectivity index (χ0n) is 15.9. The van der Waals surface area contributed by atoms with Crippen LogP contribution in [-0.4, -0.2) is 17.2 Å². The number of anilines is 1. The Hall–Kier alpha value is -2.61. The summed E-state index contributed by atoms with van der Waals surface area (Å²) in [5, 5.41) is 15.1. The van der Waals surface area contributed by atoms with Gasteiger partial charge in [0.15, 0.2) is 5.78 Å². The van der Waals surface area contributed by atoms with Gasteiger partial charge in [-0.25, -0.2) is 0 Å². The third-order valence-corrected chi connectivity index (χ3v) is 3.49. The van der Waals surface area contributed by atoms with Crippen LogP contribution in [0.5, 0.6) is 0 Å². The van der Waals surface area contributed by atoms with E-state index in [0.717, 1.165) is 6.42 Å². The third-order valence-electron chi connectivity index (χ3n) is 3.49. The number of carbonyl (C=O) groups excluding carboxylic acids is 2. The topological polar surface area (TPSA) is 82.0 Å². The van der Waals surface area contributed by atoms with Gasteiger partial charge in [0, 0.05) is 23.0 Å². The maximum Gasteiger partial charge on any atom is 0.267 e. The van der Waals surface area contributed by atoms with Crippen LogP contribution in [0.2, 0.25) is 0 Å². The van der Waals surface area contributed by atoms with E-state index in [1.54, 1.807) is 24.3 Å². The van der Waals surface area contributed by atoms with E-state index in [9.17, 15) is 14.9 Å². The summed E-state index contributed by atoms with van der Waals surface area (Å²) in [4.78, 5) is 23.5. The van der Waals surface area contributed by atoms with Gasteiger partial charge in [-0.15, -0.1) is 0 Å². The fraction of sp³-hybridized carbons (Fsp3) is 0.450. The molecule has 0 radical (unpaired) electrons. The SMILES string of the molecule is CC(=O)c1ccc(NC(=O)/C(C#N)=C\NC(C)(C)CC(C)(C)C)cc1. The lowest BCUT2D eigenvalue weighted by atomic mass is 9.82. The van der Waals surface area contributed by atoms with Crippen molar-refractivity contribution >= 4 is 17.4 Å². The lowest BCUT2D eigenvalue weighted by Crippen LogP contribution is -2.39. The number of hydrogen-bond donors (Lipinski definition) is 2. The van der Waals surface area contributed by atoms with Crippen LogP contribution < -0.4 is 10.6 Å². The molecule has 0 aromatic heterocycles. The second kappa shape index (κ2) is 7.98. The molecule has 0 heterocycles. The first-order chi connectivity index (χ1) is 11.4. The molecule has 25 heavy (non-hydrogen) atoms. The van der Waals surface area contributed by atoms with Gasteiger partial charge in [-0.3, -0.25) is 9.59 Å². The van der Waals surface area contributed by atoms with Crippen molar-refractivity contribution in [2.45, 2.75) is 53.5 Å². The molecule has 0 aliphatic heterocycles. The highest BCUT2D eigenvalue weighted by molar-refractivity contribution is 6.06. The number of nitrogens with one attached hydrogen (secondary N) is 2.